The quantitative estimate of drug-likeness (QED) is 0.442. The molecule has 0 radical (unpaired) electrons. The predicted octanol–water partition coefficient (Wildman–Crippen LogP) is 2.93. The maximum Gasteiger partial charge on any atom is 0.393 e. The van der Waals surface area contributed by atoms with Crippen LogP contribution in [0.15, 0.2) is 12.3 Å². The molecule has 1 aromatic rings. The van der Waals surface area contributed by atoms with Gasteiger partial charge in [-0.15, -0.1) is 0 Å². The average Bonchev–Trinajstić information content (AvgIpc) is 1.95. The molecule has 0 aliphatic heterocycles. The average molecular weight is 305 g/mol. The fourth-order valence-corrected chi connectivity index (χ4v) is 1.38. The molecule has 1 rings (SSSR count). The normalized spacial score (nSPS) is 11.8. The number of hydrogen-bond acceptors (Lipinski definition) is 1. The van der Waals surface area contributed by atoms with E-state index >= 15 is 0 Å². The zero-order chi connectivity index (χ0) is 10.1. The highest BCUT2D eigenvalue weighted by molar-refractivity contribution is 14.1. The summed E-state index contributed by atoms with van der Waals surface area (Å²) in [5.41, 5.74) is -0.393. The molecule has 72 valence electrons. The van der Waals surface area contributed by atoms with Crippen LogP contribution in [0, 0.1) is 9.52 Å². The Kier molecular flexibility index (Phi) is 3.09. The molecule has 0 N–H and O–H groups in total. The van der Waals surface area contributed by atoms with Crippen molar-refractivity contribution in [2.75, 3.05) is 0 Å². The Balaban J connectivity index is 3.00. The summed E-state index contributed by atoms with van der Waals surface area (Å²) in [4.78, 5) is 3.15. The van der Waals surface area contributed by atoms with E-state index in [1.807, 2.05) is 0 Å². The van der Waals surface area contributed by atoms with Gasteiger partial charge < -0.3 is 0 Å². The van der Waals surface area contributed by atoms with Gasteiger partial charge in [0.1, 0.15) is 0 Å². The third-order valence-corrected chi connectivity index (χ3v) is 2.33. The topological polar surface area (TPSA) is 12.9 Å². The maximum atomic E-state index is 12.8. The van der Waals surface area contributed by atoms with Crippen LogP contribution >= 0.6 is 22.6 Å². The fourth-order valence-electron chi connectivity index (χ4n) is 0.803. The highest BCUT2D eigenvalue weighted by Crippen LogP contribution is 2.25. The van der Waals surface area contributed by atoms with E-state index in [2.05, 4.69) is 4.98 Å². The standard InChI is InChI=1S/C7H4F4IN/c8-6-4(3-7(9,10)11)5(12)1-2-13-6/h1-2H,3H2. The Morgan fingerprint density at radius 2 is 2.00 bits per heavy atom. The minimum atomic E-state index is -4.40. The molecule has 6 heteroatoms. The Morgan fingerprint density at radius 3 is 2.46 bits per heavy atom. The minimum Gasteiger partial charge on any atom is -0.228 e. The van der Waals surface area contributed by atoms with Crippen molar-refractivity contribution < 1.29 is 17.6 Å². The molecule has 0 bridgehead atoms. The lowest BCUT2D eigenvalue weighted by Crippen LogP contribution is -2.14. The van der Waals surface area contributed by atoms with E-state index in [-0.39, 0.29) is 3.57 Å². The summed E-state index contributed by atoms with van der Waals surface area (Å²) in [7, 11) is 0. The van der Waals surface area contributed by atoms with Crippen LogP contribution in [0.25, 0.3) is 0 Å². The second-order valence-electron chi connectivity index (χ2n) is 2.35. The summed E-state index contributed by atoms with van der Waals surface area (Å²) in [6.45, 7) is 0. The van der Waals surface area contributed by atoms with Gasteiger partial charge in [-0.1, -0.05) is 0 Å². The summed E-state index contributed by atoms with van der Waals surface area (Å²) < 4.78 is 48.7. The molecule has 1 nitrogen and oxygen atoms in total. The number of halogens is 5. The molecular formula is C7H4F4IN. The largest absolute Gasteiger partial charge is 0.393 e. The van der Waals surface area contributed by atoms with Gasteiger partial charge in [0.2, 0.25) is 5.95 Å². The van der Waals surface area contributed by atoms with E-state index in [9.17, 15) is 17.6 Å². The summed E-state index contributed by atoms with van der Waals surface area (Å²) in [5.74, 6) is -1.05. The van der Waals surface area contributed by atoms with Gasteiger partial charge >= 0.3 is 6.18 Å². The Morgan fingerprint density at radius 1 is 1.38 bits per heavy atom. The molecule has 1 heterocycles. The molecule has 1 aromatic heterocycles. The van der Waals surface area contributed by atoms with Crippen molar-refractivity contribution in [3.63, 3.8) is 0 Å². The van der Waals surface area contributed by atoms with Crippen molar-refractivity contribution in [3.05, 3.63) is 27.3 Å². The van der Waals surface area contributed by atoms with E-state index in [4.69, 9.17) is 0 Å². The molecule has 0 saturated heterocycles. The van der Waals surface area contributed by atoms with Gasteiger partial charge in [0.05, 0.1) is 6.42 Å². The number of hydrogen-bond donors (Lipinski definition) is 0. The Labute approximate surface area is 85.3 Å². The first-order valence-corrected chi connectivity index (χ1v) is 4.33. The van der Waals surface area contributed by atoms with E-state index < -0.39 is 24.1 Å². The number of pyridine rings is 1. The van der Waals surface area contributed by atoms with Crippen molar-refractivity contribution in [2.45, 2.75) is 12.6 Å². The zero-order valence-electron chi connectivity index (χ0n) is 6.20. The lowest BCUT2D eigenvalue weighted by atomic mass is 10.2. The minimum absolute atomic E-state index is 0.238. The second-order valence-corrected chi connectivity index (χ2v) is 3.52. The van der Waals surface area contributed by atoms with Crippen LogP contribution in [0.3, 0.4) is 0 Å². The van der Waals surface area contributed by atoms with Crippen LogP contribution in [0.5, 0.6) is 0 Å². The van der Waals surface area contributed by atoms with E-state index in [1.165, 1.54) is 6.07 Å². The highest BCUT2D eigenvalue weighted by Gasteiger charge is 2.30. The Bertz CT molecular complexity index is 290. The Hall–Kier alpha value is -0.400. The zero-order valence-corrected chi connectivity index (χ0v) is 8.36. The van der Waals surface area contributed by atoms with Crippen molar-refractivity contribution in [2.24, 2.45) is 0 Å². The van der Waals surface area contributed by atoms with E-state index in [1.54, 1.807) is 22.6 Å². The van der Waals surface area contributed by atoms with Crippen LogP contribution < -0.4 is 0 Å². The number of nitrogens with zero attached hydrogens (tertiary/aromatic N) is 1. The summed E-state index contributed by atoms with van der Waals surface area (Å²) >= 11 is 1.65. The lowest BCUT2D eigenvalue weighted by Gasteiger charge is -2.07. The molecular weight excluding hydrogens is 301 g/mol. The molecule has 0 aromatic carbocycles. The summed E-state index contributed by atoms with van der Waals surface area (Å²) in [6.07, 6.45) is -4.54. The molecule has 0 atom stereocenters. The summed E-state index contributed by atoms with van der Waals surface area (Å²) in [6, 6.07) is 1.34. The number of alkyl halides is 3. The van der Waals surface area contributed by atoms with Crippen LogP contribution in [0.1, 0.15) is 5.56 Å². The van der Waals surface area contributed by atoms with Crippen molar-refractivity contribution in [3.8, 4) is 0 Å². The van der Waals surface area contributed by atoms with Crippen LogP contribution in [0.2, 0.25) is 0 Å². The van der Waals surface area contributed by atoms with E-state index in [0.29, 0.717) is 0 Å². The van der Waals surface area contributed by atoms with Crippen LogP contribution in [0.4, 0.5) is 17.6 Å². The van der Waals surface area contributed by atoms with Crippen molar-refractivity contribution in [1.29, 1.82) is 0 Å². The van der Waals surface area contributed by atoms with Crippen LogP contribution in [-0.2, 0) is 6.42 Å². The maximum absolute atomic E-state index is 12.8. The first-order valence-electron chi connectivity index (χ1n) is 3.26. The molecule has 0 spiro atoms. The molecule has 0 aliphatic rings. The molecule has 13 heavy (non-hydrogen) atoms. The second kappa shape index (κ2) is 3.77. The van der Waals surface area contributed by atoms with Gasteiger partial charge in [-0.2, -0.15) is 17.6 Å². The van der Waals surface area contributed by atoms with Gasteiger partial charge in [0.25, 0.3) is 0 Å². The monoisotopic (exact) mass is 305 g/mol. The van der Waals surface area contributed by atoms with Gasteiger partial charge in [0, 0.05) is 15.3 Å². The molecule has 0 aliphatic carbocycles. The van der Waals surface area contributed by atoms with E-state index in [0.717, 1.165) is 6.20 Å². The third kappa shape index (κ3) is 3.09. The molecule has 0 amide bonds. The fraction of sp³-hybridized carbons (Fsp3) is 0.286. The number of aromatic nitrogens is 1. The van der Waals surface area contributed by atoms with Gasteiger partial charge in [-0.25, -0.2) is 4.98 Å². The predicted molar refractivity (Wildman–Crippen MR) is 46.7 cm³/mol. The third-order valence-electron chi connectivity index (χ3n) is 1.32. The van der Waals surface area contributed by atoms with Crippen molar-refractivity contribution >= 4 is 22.6 Å². The van der Waals surface area contributed by atoms with Crippen molar-refractivity contribution in [1.82, 2.24) is 4.98 Å². The first kappa shape index (κ1) is 10.7. The number of rotatable bonds is 1. The molecule has 0 unspecified atom stereocenters. The highest BCUT2D eigenvalue weighted by atomic mass is 127. The van der Waals surface area contributed by atoms with Gasteiger partial charge in [-0.05, 0) is 28.7 Å². The molecule has 0 fully saturated rings. The SMILES string of the molecule is Fc1nccc(I)c1CC(F)(F)F. The first-order chi connectivity index (χ1) is 5.90. The smallest absolute Gasteiger partial charge is 0.228 e. The molecule has 0 saturated carbocycles. The van der Waals surface area contributed by atoms with Gasteiger partial charge in [-0.3, -0.25) is 0 Å². The van der Waals surface area contributed by atoms with Gasteiger partial charge in [0.15, 0.2) is 0 Å². The van der Waals surface area contributed by atoms with Crippen LogP contribution in [-0.4, -0.2) is 11.2 Å². The lowest BCUT2D eigenvalue weighted by molar-refractivity contribution is -0.127. The summed E-state index contributed by atoms with van der Waals surface area (Å²) in [5, 5.41) is 0.